The quantitative estimate of drug-likeness (QED) is 0.728. The van der Waals surface area contributed by atoms with E-state index in [0.717, 1.165) is 21.9 Å². The molecule has 128 valence electrons. The van der Waals surface area contributed by atoms with Gasteiger partial charge in [0.1, 0.15) is 11.6 Å². The number of methoxy groups -OCH3 is 1. The van der Waals surface area contributed by atoms with Crippen LogP contribution in [0.5, 0.6) is 5.75 Å². The summed E-state index contributed by atoms with van der Waals surface area (Å²) in [6.45, 7) is 1.98. The highest BCUT2D eigenvalue weighted by Crippen LogP contribution is 2.28. The number of hydrogen-bond donors (Lipinski definition) is 2. The summed E-state index contributed by atoms with van der Waals surface area (Å²) < 4.78 is 19.7. The molecule has 0 fully saturated rings. The summed E-state index contributed by atoms with van der Waals surface area (Å²) in [5.74, 6) is -0.166. The molecule has 1 amide bonds. The van der Waals surface area contributed by atoms with Gasteiger partial charge in [-0.15, -0.1) is 0 Å². The Morgan fingerprint density at radius 2 is 2.08 bits per heavy atom. The Labute approximate surface area is 153 Å². The van der Waals surface area contributed by atoms with E-state index in [1.165, 1.54) is 12.1 Å². The number of ether oxygens (including phenoxy) is 1. The number of rotatable bonds is 6. The summed E-state index contributed by atoms with van der Waals surface area (Å²) in [5, 5.41) is 5.88. The fourth-order valence-corrected chi connectivity index (χ4v) is 2.82. The Kier molecular flexibility index (Phi) is 6.60. The molecule has 0 heterocycles. The van der Waals surface area contributed by atoms with Crippen LogP contribution in [0.15, 0.2) is 40.9 Å². The zero-order chi connectivity index (χ0) is 17.7. The van der Waals surface area contributed by atoms with Crippen LogP contribution < -0.4 is 15.4 Å². The monoisotopic (exact) mass is 414 g/mol. The van der Waals surface area contributed by atoms with E-state index in [4.69, 9.17) is 16.3 Å². The van der Waals surface area contributed by atoms with Crippen LogP contribution in [0.1, 0.15) is 18.5 Å². The normalized spacial score (nSPS) is 11.9. The molecule has 4 nitrogen and oxygen atoms in total. The molecular weight excluding hydrogens is 399 g/mol. The second-order valence-electron chi connectivity index (χ2n) is 5.17. The van der Waals surface area contributed by atoms with Gasteiger partial charge in [0.15, 0.2) is 0 Å². The van der Waals surface area contributed by atoms with Crippen LogP contribution in [0.4, 0.5) is 10.1 Å². The van der Waals surface area contributed by atoms with Crippen molar-refractivity contribution in [3.63, 3.8) is 0 Å². The highest BCUT2D eigenvalue weighted by atomic mass is 79.9. The van der Waals surface area contributed by atoms with E-state index in [1.54, 1.807) is 7.11 Å². The van der Waals surface area contributed by atoms with Crippen LogP contribution >= 0.6 is 27.5 Å². The summed E-state index contributed by atoms with van der Waals surface area (Å²) in [6, 6.07) is 9.73. The van der Waals surface area contributed by atoms with Gasteiger partial charge in [-0.2, -0.15) is 0 Å². The van der Waals surface area contributed by atoms with Gasteiger partial charge >= 0.3 is 0 Å². The minimum atomic E-state index is -0.567. The number of nitrogens with one attached hydrogen (secondary N) is 2. The highest BCUT2D eigenvalue weighted by molar-refractivity contribution is 9.10. The summed E-state index contributed by atoms with van der Waals surface area (Å²) in [5.41, 5.74) is 1.10. The van der Waals surface area contributed by atoms with Gasteiger partial charge in [-0.25, -0.2) is 4.39 Å². The number of anilines is 1. The molecule has 1 atom stereocenters. The minimum absolute atomic E-state index is 0.0485. The predicted octanol–water partition coefficient (Wildman–Crippen LogP) is 4.54. The standard InChI is InChI=1S/C17H17BrClFN2O2/c1-10(11-3-6-16(24-2)13(18)7-11)21-9-17(23)22-15-5-4-12(19)8-14(15)20/h3-8,10,21H,9H2,1-2H3,(H,22,23)/t10-/m0/s1. The van der Waals surface area contributed by atoms with Crippen molar-refractivity contribution in [2.45, 2.75) is 13.0 Å². The lowest BCUT2D eigenvalue weighted by Crippen LogP contribution is -2.30. The first-order valence-electron chi connectivity index (χ1n) is 7.22. The van der Waals surface area contributed by atoms with Crippen LogP contribution in [0.2, 0.25) is 5.02 Å². The third kappa shape index (κ3) is 4.93. The smallest absolute Gasteiger partial charge is 0.238 e. The topological polar surface area (TPSA) is 50.4 Å². The van der Waals surface area contributed by atoms with Crippen LogP contribution in [-0.4, -0.2) is 19.6 Å². The average molecular weight is 416 g/mol. The van der Waals surface area contributed by atoms with Crippen LogP contribution in [0.3, 0.4) is 0 Å². The fraction of sp³-hybridized carbons (Fsp3) is 0.235. The summed E-state index contributed by atoms with van der Waals surface area (Å²) in [4.78, 5) is 12.0. The molecule has 0 aliphatic heterocycles. The molecule has 2 aromatic rings. The largest absolute Gasteiger partial charge is 0.496 e. The van der Waals surface area contributed by atoms with Crippen molar-refractivity contribution in [1.82, 2.24) is 5.32 Å². The Morgan fingerprint density at radius 3 is 2.71 bits per heavy atom. The molecule has 0 saturated heterocycles. The molecule has 0 aliphatic carbocycles. The number of carbonyl (C=O) groups is 1. The number of benzene rings is 2. The molecular formula is C17H17BrClFN2O2. The lowest BCUT2D eigenvalue weighted by atomic mass is 10.1. The van der Waals surface area contributed by atoms with Crippen molar-refractivity contribution in [2.75, 3.05) is 19.0 Å². The van der Waals surface area contributed by atoms with Crippen molar-refractivity contribution in [1.29, 1.82) is 0 Å². The molecule has 2 aromatic carbocycles. The Hall–Kier alpha value is -1.63. The minimum Gasteiger partial charge on any atom is -0.496 e. The molecule has 2 rings (SSSR count). The van der Waals surface area contributed by atoms with E-state index in [0.29, 0.717) is 0 Å². The van der Waals surface area contributed by atoms with E-state index < -0.39 is 5.82 Å². The molecule has 24 heavy (non-hydrogen) atoms. The van der Waals surface area contributed by atoms with E-state index in [2.05, 4.69) is 26.6 Å². The third-order valence-corrected chi connectivity index (χ3v) is 4.30. The maximum atomic E-state index is 13.7. The van der Waals surface area contributed by atoms with E-state index >= 15 is 0 Å². The van der Waals surface area contributed by atoms with Crippen molar-refractivity contribution < 1.29 is 13.9 Å². The first-order valence-corrected chi connectivity index (χ1v) is 8.39. The molecule has 0 spiro atoms. The lowest BCUT2D eigenvalue weighted by Gasteiger charge is -2.15. The van der Waals surface area contributed by atoms with Crippen molar-refractivity contribution in [2.24, 2.45) is 0 Å². The Balaban J connectivity index is 1.92. The molecule has 0 unspecified atom stereocenters. The maximum absolute atomic E-state index is 13.7. The van der Waals surface area contributed by atoms with Gasteiger partial charge in [0, 0.05) is 11.1 Å². The first-order chi connectivity index (χ1) is 11.4. The average Bonchev–Trinajstić information content (AvgIpc) is 2.55. The van der Waals surface area contributed by atoms with Gasteiger partial charge in [0.25, 0.3) is 0 Å². The molecule has 0 radical (unpaired) electrons. The number of hydrogen-bond acceptors (Lipinski definition) is 3. The van der Waals surface area contributed by atoms with E-state index in [9.17, 15) is 9.18 Å². The second-order valence-corrected chi connectivity index (χ2v) is 6.46. The molecule has 2 N–H and O–H groups in total. The lowest BCUT2D eigenvalue weighted by molar-refractivity contribution is -0.115. The second kappa shape index (κ2) is 8.46. The van der Waals surface area contributed by atoms with Gasteiger partial charge in [0.2, 0.25) is 5.91 Å². The zero-order valence-corrected chi connectivity index (χ0v) is 15.5. The van der Waals surface area contributed by atoms with Crippen molar-refractivity contribution in [3.05, 3.63) is 57.3 Å². The van der Waals surface area contributed by atoms with Gasteiger partial charge in [-0.05, 0) is 58.7 Å². The van der Waals surface area contributed by atoms with Crippen LogP contribution in [-0.2, 0) is 4.79 Å². The highest BCUT2D eigenvalue weighted by Gasteiger charge is 2.11. The molecule has 0 aliphatic rings. The van der Waals surface area contributed by atoms with E-state index in [-0.39, 0.29) is 29.2 Å². The number of carbonyl (C=O) groups excluding carboxylic acids is 1. The van der Waals surface area contributed by atoms with Crippen LogP contribution in [0, 0.1) is 5.82 Å². The van der Waals surface area contributed by atoms with Crippen LogP contribution in [0.25, 0.3) is 0 Å². The fourth-order valence-electron chi connectivity index (χ4n) is 2.10. The van der Waals surface area contributed by atoms with Gasteiger partial charge in [-0.1, -0.05) is 17.7 Å². The summed E-state index contributed by atoms with van der Waals surface area (Å²) >= 11 is 9.11. The molecule has 0 bridgehead atoms. The SMILES string of the molecule is COc1ccc([C@H](C)NCC(=O)Nc2ccc(Cl)cc2F)cc1Br. The van der Waals surface area contributed by atoms with Gasteiger partial charge in [0.05, 0.1) is 23.8 Å². The summed E-state index contributed by atoms with van der Waals surface area (Å²) in [6.07, 6.45) is 0. The predicted molar refractivity (Wildman–Crippen MR) is 97.2 cm³/mol. The van der Waals surface area contributed by atoms with Crippen molar-refractivity contribution >= 4 is 39.1 Å². The first kappa shape index (κ1) is 18.7. The number of halogens is 3. The van der Waals surface area contributed by atoms with Crippen molar-refractivity contribution in [3.8, 4) is 5.75 Å². The number of amides is 1. The Morgan fingerprint density at radius 1 is 1.33 bits per heavy atom. The third-order valence-electron chi connectivity index (χ3n) is 3.45. The summed E-state index contributed by atoms with van der Waals surface area (Å²) in [7, 11) is 1.60. The zero-order valence-electron chi connectivity index (χ0n) is 13.2. The van der Waals surface area contributed by atoms with E-state index in [1.807, 2.05) is 25.1 Å². The maximum Gasteiger partial charge on any atom is 0.238 e. The van der Waals surface area contributed by atoms with Gasteiger partial charge in [-0.3, -0.25) is 4.79 Å². The molecule has 0 saturated carbocycles. The van der Waals surface area contributed by atoms with Gasteiger partial charge < -0.3 is 15.4 Å². The molecule has 0 aromatic heterocycles. The molecule has 7 heteroatoms. The Bertz CT molecular complexity index is 743.